The fourth-order valence-corrected chi connectivity index (χ4v) is 1.13. The summed E-state index contributed by atoms with van der Waals surface area (Å²) in [6.45, 7) is 1.24. The highest BCUT2D eigenvalue weighted by molar-refractivity contribution is 5.72. The van der Waals surface area contributed by atoms with Crippen molar-refractivity contribution in [1.29, 1.82) is 5.26 Å². The van der Waals surface area contributed by atoms with Crippen LogP contribution in [-0.4, -0.2) is 38.7 Å². The number of aliphatic hydroxyl groups is 2. The molecule has 0 aliphatic rings. The smallest absolute Gasteiger partial charge is 0.232 e. The van der Waals surface area contributed by atoms with Gasteiger partial charge in [-0.2, -0.15) is 5.26 Å². The van der Waals surface area contributed by atoms with Crippen molar-refractivity contribution in [2.24, 2.45) is 0 Å². The van der Waals surface area contributed by atoms with E-state index in [4.69, 9.17) is 5.26 Å². The molecule has 1 aromatic rings. The van der Waals surface area contributed by atoms with Crippen LogP contribution in [-0.2, 0) is 4.79 Å². The van der Waals surface area contributed by atoms with Crippen LogP contribution in [0.2, 0.25) is 0 Å². The van der Waals surface area contributed by atoms with Gasteiger partial charge in [-0.05, 0) is 0 Å². The zero-order chi connectivity index (χ0) is 12.8. The third-order valence-electron chi connectivity index (χ3n) is 2.04. The van der Waals surface area contributed by atoms with Crippen LogP contribution in [0.3, 0.4) is 0 Å². The summed E-state index contributed by atoms with van der Waals surface area (Å²) < 4.78 is 0. The summed E-state index contributed by atoms with van der Waals surface area (Å²) in [5.74, 6) is -0.315. The van der Waals surface area contributed by atoms with Crippen molar-refractivity contribution in [2.45, 2.75) is 19.1 Å². The maximum absolute atomic E-state index is 10.6. The van der Waals surface area contributed by atoms with Gasteiger partial charge in [0.05, 0.1) is 0 Å². The third kappa shape index (κ3) is 3.79. The maximum atomic E-state index is 10.6. The van der Waals surface area contributed by atoms with Gasteiger partial charge in [-0.25, -0.2) is 9.97 Å². The van der Waals surface area contributed by atoms with Gasteiger partial charge in [0.25, 0.3) is 0 Å². The van der Waals surface area contributed by atoms with E-state index in [2.05, 4.69) is 15.3 Å². The van der Waals surface area contributed by atoms with Gasteiger partial charge in [0, 0.05) is 31.4 Å². The first-order chi connectivity index (χ1) is 8.04. The Kier molecular flexibility index (Phi) is 4.51. The van der Waals surface area contributed by atoms with E-state index < -0.39 is 12.2 Å². The van der Waals surface area contributed by atoms with Crippen molar-refractivity contribution < 1.29 is 15.0 Å². The second-order valence-corrected chi connectivity index (χ2v) is 3.40. The van der Waals surface area contributed by atoms with Gasteiger partial charge >= 0.3 is 0 Å². The lowest BCUT2D eigenvalue weighted by molar-refractivity contribution is -0.119. The Balaban J connectivity index is 2.64. The van der Waals surface area contributed by atoms with E-state index in [1.807, 2.05) is 0 Å². The van der Waals surface area contributed by atoms with E-state index in [1.165, 1.54) is 19.3 Å². The summed E-state index contributed by atoms with van der Waals surface area (Å²) in [6.07, 6.45) is 0.144. The standard InChI is InChI=1S/C10H12N4O3/c1-6(15)12-5-8(16)10(17)7-3-13-9(2-11)14-4-7/h3-4,8,10,16-17H,5H2,1H3,(H,12,15). The molecule has 17 heavy (non-hydrogen) atoms. The average Bonchev–Trinajstić information content (AvgIpc) is 2.35. The summed E-state index contributed by atoms with van der Waals surface area (Å²) in [5, 5.41) is 30.1. The number of hydrogen-bond acceptors (Lipinski definition) is 6. The second-order valence-electron chi connectivity index (χ2n) is 3.40. The third-order valence-corrected chi connectivity index (χ3v) is 2.04. The van der Waals surface area contributed by atoms with Gasteiger partial charge in [0.15, 0.2) is 0 Å². The molecular weight excluding hydrogens is 224 g/mol. The van der Waals surface area contributed by atoms with Crippen LogP contribution in [0.25, 0.3) is 0 Å². The zero-order valence-electron chi connectivity index (χ0n) is 9.16. The van der Waals surface area contributed by atoms with E-state index >= 15 is 0 Å². The fourth-order valence-electron chi connectivity index (χ4n) is 1.13. The van der Waals surface area contributed by atoms with Gasteiger partial charge in [0.1, 0.15) is 18.3 Å². The molecule has 1 aromatic heterocycles. The van der Waals surface area contributed by atoms with E-state index in [-0.39, 0.29) is 23.8 Å². The van der Waals surface area contributed by atoms with Crippen molar-refractivity contribution in [3.05, 3.63) is 23.8 Å². The lowest BCUT2D eigenvalue weighted by atomic mass is 10.1. The van der Waals surface area contributed by atoms with Crippen LogP contribution < -0.4 is 5.32 Å². The van der Waals surface area contributed by atoms with Crippen LogP contribution in [0.1, 0.15) is 24.4 Å². The average molecular weight is 236 g/mol. The number of rotatable bonds is 4. The van der Waals surface area contributed by atoms with Gasteiger partial charge < -0.3 is 15.5 Å². The molecule has 1 amide bonds. The van der Waals surface area contributed by atoms with Crippen molar-refractivity contribution in [1.82, 2.24) is 15.3 Å². The number of nitriles is 1. The molecule has 1 heterocycles. The number of nitrogens with zero attached hydrogens (tertiary/aromatic N) is 3. The molecule has 0 aliphatic carbocycles. The quantitative estimate of drug-likeness (QED) is 0.609. The van der Waals surface area contributed by atoms with Crippen LogP contribution in [0.15, 0.2) is 12.4 Å². The lowest BCUT2D eigenvalue weighted by Gasteiger charge is -2.17. The minimum Gasteiger partial charge on any atom is -0.388 e. The van der Waals surface area contributed by atoms with Crippen molar-refractivity contribution >= 4 is 5.91 Å². The summed E-state index contributed by atoms with van der Waals surface area (Å²) in [5.41, 5.74) is 0.279. The highest BCUT2D eigenvalue weighted by Gasteiger charge is 2.19. The molecule has 0 saturated heterocycles. The van der Waals surface area contributed by atoms with E-state index in [1.54, 1.807) is 6.07 Å². The summed E-state index contributed by atoms with van der Waals surface area (Å²) in [7, 11) is 0. The highest BCUT2D eigenvalue weighted by atomic mass is 16.3. The van der Waals surface area contributed by atoms with Crippen LogP contribution in [0.4, 0.5) is 0 Å². The molecule has 0 fully saturated rings. The van der Waals surface area contributed by atoms with Gasteiger partial charge in [-0.1, -0.05) is 0 Å². The summed E-state index contributed by atoms with van der Waals surface area (Å²) >= 11 is 0. The lowest BCUT2D eigenvalue weighted by Crippen LogP contribution is -2.34. The molecule has 1 rings (SSSR count). The first-order valence-electron chi connectivity index (χ1n) is 4.87. The van der Waals surface area contributed by atoms with Crippen LogP contribution in [0.5, 0.6) is 0 Å². The first-order valence-corrected chi connectivity index (χ1v) is 4.87. The Morgan fingerprint density at radius 3 is 2.59 bits per heavy atom. The van der Waals surface area contributed by atoms with Crippen LogP contribution in [0, 0.1) is 11.3 Å². The monoisotopic (exact) mass is 236 g/mol. The zero-order valence-corrected chi connectivity index (χ0v) is 9.16. The molecule has 7 heteroatoms. The van der Waals surface area contributed by atoms with Crippen molar-refractivity contribution in [3.8, 4) is 6.07 Å². The fraction of sp³-hybridized carbons (Fsp3) is 0.400. The van der Waals surface area contributed by atoms with Crippen molar-refractivity contribution in [3.63, 3.8) is 0 Å². The predicted octanol–water partition coefficient (Wildman–Crippen LogP) is -1.12. The molecule has 0 aromatic carbocycles. The number of aliphatic hydroxyl groups excluding tert-OH is 2. The molecule has 0 spiro atoms. The van der Waals surface area contributed by atoms with E-state index in [0.717, 1.165) is 0 Å². The molecular formula is C10H12N4O3. The van der Waals surface area contributed by atoms with Crippen molar-refractivity contribution in [2.75, 3.05) is 6.54 Å². The Morgan fingerprint density at radius 1 is 1.53 bits per heavy atom. The van der Waals surface area contributed by atoms with E-state index in [9.17, 15) is 15.0 Å². The number of carbonyl (C=O) groups excluding carboxylic acids is 1. The Labute approximate surface area is 97.8 Å². The molecule has 3 N–H and O–H groups in total. The number of carbonyl (C=O) groups is 1. The van der Waals surface area contributed by atoms with Gasteiger partial charge in [-0.3, -0.25) is 4.79 Å². The molecule has 7 nitrogen and oxygen atoms in total. The number of nitrogens with one attached hydrogen (secondary N) is 1. The molecule has 2 atom stereocenters. The highest BCUT2D eigenvalue weighted by Crippen LogP contribution is 2.14. The molecule has 0 radical (unpaired) electrons. The second kappa shape index (κ2) is 5.89. The summed E-state index contributed by atoms with van der Waals surface area (Å²) in [6, 6.07) is 1.74. The number of hydrogen-bond donors (Lipinski definition) is 3. The SMILES string of the molecule is CC(=O)NCC(O)C(O)c1cnc(C#N)nc1. The predicted molar refractivity (Wildman–Crippen MR) is 56.4 cm³/mol. The summed E-state index contributed by atoms with van der Waals surface area (Å²) in [4.78, 5) is 18.0. The molecule has 0 saturated carbocycles. The normalized spacial score (nSPS) is 13.5. The first kappa shape index (κ1) is 13.0. The number of amides is 1. The largest absolute Gasteiger partial charge is 0.388 e. The Hall–Kier alpha value is -2.04. The number of aromatic nitrogens is 2. The Morgan fingerprint density at radius 2 is 2.12 bits per heavy atom. The van der Waals surface area contributed by atoms with E-state index in [0.29, 0.717) is 0 Å². The van der Waals surface area contributed by atoms with Crippen LogP contribution >= 0.6 is 0 Å². The molecule has 0 aliphatic heterocycles. The Bertz CT molecular complexity index is 426. The van der Waals surface area contributed by atoms with Gasteiger partial charge in [-0.15, -0.1) is 0 Å². The topological polar surface area (TPSA) is 119 Å². The maximum Gasteiger partial charge on any atom is 0.232 e. The molecule has 90 valence electrons. The molecule has 2 unspecified atom stereocenters. The van der Waals surface area contributed by atoms with Gasteiger partial charge in [0.2, 0.25) is 11.7 Å². The molecule has 0 bridgehead atoms. The minimum atomic E-state index is -1.21. The minimum absolute atomic E-state index is 0.0164.